The molecule has 5 nitrogen and oxygen atoms in total. The number of rotatable bonds is 5. The maximum absolute atomic E-state index is 12.4. The summed E-state index contributed by atoms with van der Waals surface area (Å²) in [6.45, 7) is 0.408. The molecular formula is C20H17N3O2. The van der Waals surface area contributed by atoms with Crippen molar-refractivity contribution in [1.29, 1.82) is 0 Å². The monoisotopic (exact) mass is 331 g/mol. The van der Waals surface area contributed by atoms with E-state index in [2.05, 4.69) is 15.3 Å². The summed E-state index contributed by atoms with van der Waals surface area (Å²) in [6, 6.07) is 15.4. The molecule has 3 heterocycles. The van der Waals surface area contributed by atoms with Crippen molar-refractivity contribution in [3.05, 3.63) is 78.3 Å². The van der Waals surface area contributed by atoms with Gasteiger partial charge in [0.15, 0.2) is 5.76 Å². The normalized spacial score (nSPS) is 10.9. The highest BCUT2D eigenvalue weighted by atomic mass is 16.3. The third-order valence-electron chi connectivity index (χ3n) is 4.15. The van der Waals surface area contributed by atoms with Crippen LogP contribution in [0.4, 0.5) is 0 Å². The molecule has 0 bridgehead atoms. The summed E-state index contributed by atoms with van der Waals surface area (Å²) in [4.78, 5) is 19.9. The average molecular weight is 331 g/mol. The van der Waals surface area contributed by atoms with Gasteiger partial charge in [-0.15, -0.1) is 0 Å². The Morgan fingerprint density at radius 3 is 2.88 bits per heavy atom. The Morgan fingerprint density at radius 2 is 2.00 bits per heavy atom. The first-order valence-electron chi connectivity index (χ1n) is 8.11. The zero-order valence-electron chi connectivity index (χ0n) is 13.5. The second kappa shape index (κ2) is 6.65. The third kappa shape index (κ3) is 3.17. The molecule has 0 aliphatic carbocycles. The molecule has 0 atom stereocenters. The third-order valence-corrected chi connectivity index (χ3v) is 4.15. The van der Waals surface area contributed by atoms with Crippen molar-refractivity contribution in [2.24, 2.45) is 0 Å². The van der Waals surface area contributed by atoms with E-state index in [1.165, 1.54) is 0 Å². The van der Waals surface area contributed by atoms with Crippen LogP contribution < -0.4 is 5.32 Å². The number of hydrogen-bond donors (Lipinski definition) is 2. The van der Waals surface area contributed by atoms with Crippen molar-refractivity contribution in [3.8, 4) is 11.5 Å². The van der Waals surface area contributed by atoms with Crippen molar-refractivity contribution in [3.63, 3.8) is 0 Å². The molecule has 5 heteroatoms. The number of para-hydroxylation sites is 1. The lowest BCUT2D eigenvalue weighted by atomic mass is 10.1. The van der Waals surface area contributed by atoms with Crippen LogP contribution in [0.25, 0.3) is 22.4 Å². The fourth-order valence-electron chi connectivity index (χ4n) is 2.92. The summed E-state index contributed by atoms with van der Waals surface area (Å²) in [7, 11) is 0. The molecule has 0 spiro atoms. The fraction of sp³-hybridized carbons (Fsp3) is 0.100. The van der Waals surface area contributed by atoms with Crippen molar-refractivity contribution in [1.82, 2.24) is 15.3 Å². The molecule has 4 rings (SSSR count). The van der Waals surface area contributed by atoms with Gasteiger partial charge in [0.05, 0.1) is 12.7 Å². The molecular weight excluding hydrogens is 314 g/mol. The molecule has 3 aromatic heterocycles. The summed E-state index contributed by atoms with van der Waals surface area (Å²) in [5.74, 6) is 0.667. The molecule has 2 N–H and O–H groups in total. The topological polar surface area (TPSA) is 70.9 Å². The Labute approximate surface area is 144 Å². The van der Waals surface area contributed by atoms with Gasteiger partial charge in [-0.25, -0.2) is 0 Å². The fourth-order valence-corrected chi connectivity index (χ4v) is 2.92. The molecule has 0 unspecified atom stereocenters. The van der Waals surface area contributed by atoms with Gasteiger partial charge in [0.2, 0.25) is 5.91 Å². The highest BCUT2D eigenvalue weighted by molar-refractivity contribution is 5.88. The van der Waals surface area contributed by atoms with E-state index >= 15 is 0 Å². The number of benzene rings is 1. The Balaban J connectivity index is 1.46. The highest BCUT2D eigenvalue weighted by Crippen LogP contribution is 2.21. The summed E-state index contributed by atoms with van der Waals surface area (Å²) in [5, 5.41) is 4.05. The van der Waals surface area contributed by atoms with Gasteiger partial charge in [-0.05, 0) is 29.8 Å². The number of nitrogens with zero attached hydrogens (tertiary/aromatic N) is 1. The first kappa shape index (κ1) is 15.2. The number of carbonyl (C=O) groups excluding carboxylic acids is 1. The van der Waals surface area contributed by atoms with Crippen LogP contribution in [0.1, 0.15) is 11.1 Å². The number of nitrogens with one attached hydrogen (secondary N) is 2. The van der Waals surface area contributed by atoms with Crippen molar-refractivity contribution in [2.75, 3.05) is 0 Å². The number of pyridine rings is 1. The van der Waals surface area contributed by atoms with Gasteiger partial charge in [-0.3, -0.25) is 9.78 Å². The minimum absolute atomic E-state index is 0.0287. The summed E-state index contributed by atoms with van der Waals surface area (Å²) in [6.07, 6.45) is 5.56. The molecule has 0 saturated heterocycles. The van der Waals surface area contributed by atoms with Gasteiger partial charge in [0.1, 0.15) is 5.69 Å². The molecule has 1 amide bonds. The summed E-state index contributed by atoms with van der Waals surface area (Å²) >= 11 is 0. The maximum atomic E-state index is 12.4. The first-order chi connectivity index (χ1) is 12.3. The number of hydrogen-bond acceptors (Lipinski definition) is 3. The molecule has 25 heavy (non-hydrogen) atoms. The lowest BCUT2D eigenvalue weighted by Crippen LogP contribution is -2.24. The van der Waals surface area contributed by atoms with Crippen molar-refractivity contribution in [2.45, 2.75) is 13.0 Å². The van der Waals surface area contributed by atoms with Gasteiger partial charge < -0.3 is 14.7 Å². The number of H-pyrrole nitrogens is 1. The van der Waals surface area contributed by atoms with E-state index in [0.717, 1.165) is 27.7 Å². The molecule has 0 fully saturated rings. The van der Waals surface area contributed by atoms with E-state index < -0.39 is 0 Å². The Morgan fingerprint density at radius 1 is 1.08 bits per heavy atom. The van der Waals surface area contributed by atoms with Gasteiger partial charge in [-0.1, -0.05) is 24.3 Å². The SMILES string of the molecule is O=C(Cc1c[nH]c2ccccc12)NCc1cccnc1-c1ccco1. The van der Waals surface area contributed by atoms with Crippen LogP contribution in [0.3, 0.4) is 0 Å². The second-order valence-electron chi connectivity index (χ2n) is 5.80. The molecule has 0 aliphatic heterocycles. The zero-order valence-corrected chi connectivity index (χ0v) is 13.5. The highest BCUT2D eigenvalue weighted by Gasteiger charge is 2.12. The van der Waals surface area contributed by atoms with E-state index in [-0.39, 0.29) is 5.91 Å². The van der Waals surface area contributed by atoms with Crippen LogP contribution in [0.5, 0.6) is 0 Å². The number of aromatic nitrogens is 2. The molecule has 0 saturated carbocycles. The van der Waals surface area contributed by atoms with Crippen molar-refractivity contribution >= 4 is 16.8 Å². The second-order valence-corrected chi connectivity index (χ2v) is 5.80. The minimum Gasteiger partial charge on any atom is -0.463 e. The van der Waals surface area contributed by atoms with E-state index in [1.54, 1.807) is 12.5 Å². The van der Waals surface area contributed by atoms with Crippen LogP contribution in [0, 0.1) is 0 Å². The van der Waals surface area contributed by atoms with Crippen LogP contribution in [0.15, 0.2) is 71.6 Å². The first-order valence-corrected chi connectivity index (χ1v) is 8.11. The molecule has 0 radical (unpaired) electrons. The lowest BCUT2D eigenvalue weighted by Gasteiger charge is -2.08. The zero-order chi connectivity index (χ0) is 17.1. The summed E-state index contributed by atoms with van der Waals surface area (Å²) in [5.41, 5.74) is 3.70. The Kier molecular flexibility index (Phi) is 4.04. The molecule has 1 aromatic carbocycles. The van der Waals surface area contributed by atoms with E-state index in [4.69, 9.17) is 4.42 Å². The predicted molar refractivity (Wildman–Crippen MR) is 95.8 cm³/mol. The van der Waals surface area contributed by atoms with Crippen LogP contribution in [-0.2, 0) is 17.8 Å². The number of amides is 1. The number of furan rings is 1. The van der Waals surface area contributed by atoms with Crippen LogP contribution >= 0.6 is 0 Å². The molecule has 4 aromatic rings. The van der Waals surface area contributed by atoms with Crippen LogP contribution in [-0.4, -0.2) is 15.9 Å². The Hall–Kier alpha value is -3.34. The van der Waals surface area contributed by atoms with E-state index in [0.29, 0.717) is 18.7 Å². The summed E-state index contributed by atoms with van der Waals surface area (Å²) < 4.78 is 5.42. The van der Waals surface area contributed by atoms with E-state index in [1.807, 2.05) is 54.7 Å². The predicted octanol–water partition coefficient (Wildman–Crippen LogP) is 3.68. The van der Waals surface area contributed by atoms with Crippen molar-refractivity contribution < 1.29 is 9.21 Å². The van der Waals surface area contributed by atoms with Gasteiger partial charge in [0.25, 0.3) is 0 Å². The molecule has 124 valence electrons. The quantitative estimate of drug-likeness (QED) is 0.586. The number of aromatic amines is 1. The van der Waals surface area contributed by atoms with Gasteiger partial charge >= 0.3 is 0 Å². The standard InChI is InChI=1S/C20H17N3O2/c24-19(11-15-13-22-17-7-2-1-6-16(15)17)23-12-14-5-3-9-21-20(14)18-8-4-10-25-18/h1-10,13,22H,11-12H2,(H,23,24). The number of fused-ring (bicyclic) bond motifs is 1. The molecule has 0 aliphatic rings. The Bertz CT molecular complexity index is 1000. The lowest BCUT2D eigenvalue weighted by molar-refractivity contribution is -0.120. The number of carbonyl (C=O) groups is 1. The van der Waals surface area contributed by atoms with E-state index in [9.17, 15) is 4.79 Å². The average Bonchev–Trinajstić information content (AvgIpc) is 3.31. The van der Waals surface area contributed by atoms with Crippen LogP contribution in [0.2, 0.25) is 0 Å². The maximum Gasteiger partial charge on any atom is 0.224 e. The smallest absolute Gasteiger partial charge is 0.224 e. The largest absolute Gasteiger partial charge is 0.463 e. The van der Waals surface area contributed by atoms with Gasteiger partial charge in [-0.2, -0.15) is 0 Å². The van der Waals surface area contributed by atoms with Gasteiger partial charge in [0, 0.05) is 35.4 Å². The minimum atomic E-state index is -0.0287.